The highest BCUT2D eigenvalue weighted by Crippen LogP contribution is 2.47. The molecule has 2 aliphatic rings. The molecule has 0 atom stereocenters. The number of guanidine groups is 1. The average molecular weight is 465 g/mol. The Morgan fingerprint density at radius 3 is 2.62 bits per heavy atom. The molecule has 1 saturated carbocycles. The van der Waals surface area contributed by atoms with E-state index >= 15 is 0 Å². The van der Waals surface area contributed by atoms with E-state index in [-0.39, 0.29) is 24.0 Å². The molecular formula is C20H28IN5. The lowest BCUT2D eigenvalue weighted by molar-refractivity contribution is 0.151. The number of hydrogen-bond acceptors (Lipinski definition) is 2. The van der Waals surface area contributed by atoms with Gasteiger partial charge in [-0.3, -0.25) is 0 Å². The van der Waals surface area contributed by atoms with Gasteiger partial charge in [0.05, 0.1) is 12.2 Å². The van der Waals surface area contributed by atoms with Crippen molar-refractivity contribution in [1.82, 2.24) is 20.0 Å². The van der Waals surface area contributed by atoms with Crippen molar-refractivity contribution in [2.75, 3.05) is 19.6 Å². The molecule has 1 aromatic heterocycles. The molecule has 1 spiro atoms. The molecule has 1 N–H and O–H groups in total. The van der Waals surface area contributed by atoms with E-state index in [9.17, 15) is 0 Å². The summed E-state index contributed by atoms with van der Waals surface area (Å²) in [5.74, 6) is 1.07. The summed E-state index contributed by atoms with van der Waals surface area (Å²) in [5, 5.41) is 7.74. The van der Waals surface area contributed by atoms with Crippen LogP contribution in [0.2, 0.25) is 0 Å². The smallest absolute Gasteiger partial charge is 0.194 e. The molecule has 2 heterocycles. The fourth-order valence-corrected chi connectivity index (χ4v) is 3.97. The lowest BCUT2D eigenvalue weighted by Gasteiger charge is -2.38. The van der Waals surface area contributed by atoms with Gasteiger partial charge in [-0.25, -0.2) is 9.67 Å². The highest BCUT2D eigenvalue weighted by atomic mass is 127. The molecule has 5 nitrogen and oxygen atoms in total. The number of rotatable bonds is 4. The largest absolute Gasteiger partial charge is 0.357 e. The van der Waals surface area contributed by atoms with Crippen molar-refractivity contribution in [1.29, 1.82) is 0 Å². The van der Waals surface area contributed by atoms with Gasteiger partial charge in [0.1, 0.15) is 0 Å². The van der Waals surface area contributed by atoms with Crippen LogP contribution < -0.4 is 5.32 Å². The first kappa shape index (κ1) is 19.2. The summed E-state index contributed by atoms with van der Waals surface area (Å²) in [6.45, 7) is 6.09. The predicted octanol–water partition coefficient (Wildman–Crippen LogP) is 3.83. The number of hydrogen-bond donors (Lipinski definition) is 1. The molecule has 2 fully saturated rings. The Hall–Kier alpha value is -1.57. The standard InChI is InChI=1S/C20H27N5.HI/c1-2-21-19(24-14-11-20(16-24)9-3-10-20)22-15-17-5-7-18(8-6-17)25-13-4-12-23-25;/h4-8,12-13H,2-3,9-11,14-16H2,1H3,(H,21,22);1H. The Kier molecular flexibility index (Phi) is 6.21. The Morgan fingerprint density at radius 2 is 2.04 bits per heavy atom. The first-order valence-corrected chi connectivity index (χ1v) is 9.40. The summed E-state index contributed by atoms with van der Waals surface area (Å²) >= 11 is 0. The maximum absolute atomic E-state index is 4.89. The Morgan fingerprint density at radius 1 is 1.23 bits per heavy atom. The molecule has 1 aromatic carbocycles. The number of halogens is 1. The second-order valence-corrected chi connectivity index (χ2v) is 7.31. The van der Waals surface area contributed by atoms with E-state index in [0.717, 1.165) is 24.7 Å². The number of likely N-dealkylation sites (tertiary alicyclic amines) is 1. The lowest BCUT2D eigenvalue weighted by Crippen LogP contribution is -2.42. The van der Waals surface area contributed by atoms with Gasteiger partial charge in [-0.1, -0.05) is 18.6 Å². The summed E-state index contributed by atoms with van der Waals surface area (Å²) in [4.78, 5) is 7.35. The Balaban J connectivity index is 0.00000196. The van der Waals surface area contributed by atoms with Crippen molar-refractivity contribution in [3.63, 3.8) is 0 Å². The zero-order valence-electron chi connectivity index (χ0n) is 15.4. The summed E-state index contributed by atoms with van der Waals surface area (Å²) in [5.41, 5.74) is 2.90. The van der Waals surface area contributed by atoms with Gasteiger partial charge >= 0.3 is 0 Å². The van der Waals surface area contributed by atoms with E-state index in [1.807, 2.05) is 16.9 Å². The van der Waals surface area contributed by atoms with Crippen molar-refractivity contribution in [2.24, 2.45) is 10.4 Å². The molecule has 0 amide bonds. The molecule has 1 saturated heterocycles. The third kappa shape index (κ3) is 4.05. The molecule has 4 rings (SSSR count). The van der Waals surface area contributed by atoms with Gasteiger partial charge in [0.2, 0.25) is 0 Å². The number of aromatic nitrogens is 2. The predicted molar refractivity (Wildman–Crippen MR) is 116 cm³/mol. The molecule has 0 radical (unpaired) electrons. The van der Waals surface area contributed by atoms with Crippen LogP contribution in [0.3, 0.4) is 0 Å². The maximum Gasteiger partial charge on any atom is 0.194 e. The highest BCUT2D eigenvalue weighted by Gasteiger charge is 2.43. The molecule has 1 aliphatic heterocycles. The minimum absolute atomic E-state index is 0. The minimum atomic E-state index is 0. The summed E-state index contributed by atoms with van der Waals surface area (Å²) in [6.07, 6.45) is 9.29. The monoisotopic (exact) mass is 465 g/mol. The van der Waals surface area contributed by atoms with Gasteiger partial charge < -0.3 is 10.2 Å². The quantitative estimate of drug-likeness (QED) is 0.424. The molecule has 140 valence electrons. The Bertz CT molecular complexity index is 719. The second kappa shape index (κ2) is 8.41. The fraction of sp³-hybridized carbons (Fsp3) is 0.500. The summed E-state index contributed by atoms with van der Waals surface area (Å²) < 4.78 is 1.87. The first-order chi connectivity index (χ1) is 12.3. The Labute approximate surface area is 172 Å². The van der Waals surface area contributed by atoms with Gasteiger partial charge in [0, 0.05) is 32.0 Å². The molecular weight excluding hydrogens is 437 g/mol. The minimum Gasteiger partial charge on any atom is -0.357 e. The molecule has 26 heavy (non-hydrogen) atoms. The second-order valence-electron chi connectivity index (χ2n) is 7.31. The van der Waals surface area contributed by atoms with Gasteiger partial charge in [-0.05, 0) is 55.4 Å². The normalized spacial score (nSPS) is 18.5. The van der Waals surface area contributed by atoms with Crippen LogP contribution in [0.25, 0.3) is 5.69 Å². The van der Waals surface area contributed by atoms with Gasteiger partial charge in [-0.2, -0.15) is 5.10 Å². The van der Waals surface area contributed by atoms with Gasteiger partial charge in [-0.15, -0.1) is 24.0 Å². The van der Waals surface area contributed by atoms with Crippen LogP contribution in [0.15, 0.2) is 47.7 Å². The SMILES string of the molecule is CCNC(=NCc1ccc(-n2cccn2)cc1)N1CCC2(CCC2)C1.I. The van der Waals surface area contributed by atoms with Crippen molar-refractivity contribution >= 4 is 29.9 Å². The van der Waals surface area contributed by atoms with Crippen molar-refractivity contribution in [2.45, 2.75) is 39.2 Å². The van der Waals surface area contributed by atoms with E-state index in [4.69, 9.17) is 4.99 Å². The molecule has 0 unspecified atom stereocenters. The van der Waals surface area contributed by atoms with E-state index < -0.39 is 0 Å². The van der Waals surface area contributed by atoms with Crippen molar-refractivity contribution < 1.29 is 0 Å². The van der Waals surface area contributed by atoms with Crippen LogP contribution in [0.1, 0.15) is 38.2 Å². The lowest BCUT2D eigenvalue weighted by atomic mass is 9.68. The van der Waals surface area contributed by atoms with Crippen LogP contribution >= 0.6 is 24.0 Å². The molecule has 0 bridgehead atoms. The first-order valence-electron chi connectivity index (χ1n) is 9.40. The fourth-order valence-electron chi connectivity index (χ4n) is 3.97. The average Bonchev–Trinajstić information content (AvgIpc) is 3.28. The van der Waals surface area contributed by atoms with Gasteiger partial charge in [0.25, 0.3) is 0 Å². The van der Waals surface area contributed by atoms with E-state index in [1.54, 1.807) is 6.20 Å². The number of aliphatic imine (C=N–C) groups is 1. The number of nitrogens with zero attached hydrogens (tertiary/aromatic N) is 4. The van der Waals surface area contributed by atoms with Crippen LogP contribution in [0, 0.1) is 5.41 Å². The van der Waals surface area contributed by atoms with Crippen LogP contribution in [-0.2, 0) is 6.54 Å². The summed E-state index contributed by atoms with van der Waals surface area (Å²) in [6, 6.07) is 10.4. The van der Waals surface area contributed by atoms with E-state index in [1.165, 1.54) is 37.8 Å². The molecule has 2 aromatic rings. The molecule has 6 heteroatoms. The van der Waals surface area contributed by atoms with Crippen LogP contribution in [-0.4, -0.2) is 40.3 Å². The molecule has 1 aliphatic carbocycles. The topological polar surface area (TPSA) is 45.5 Å². The number of nitrogens with one attached hydrogen (secondary N) is 1. The zero-order valence-corrected chi connectivity index (χ0v) is 17.7. The van der Waals surface area contributed by atoms with Gasteiger partial charge in [0.15, 0.2) is 5.96 Å². The van der Waals surface area contributed by atoms with Crippen molar-refractivity contribution in [3.05, 3.63) is 48.3 Å². The van der Waals surface area contributed by atoms with E-state index in [0.29, 0.717) is 12.0 Å². The van der Waals surface area contributed by atoms with Crippen LogP contribution in [0.5, 0.6) is 0 Å². The summed E-state index contributed by atoms with van der Waals surface area (Å²) in [7, 11) is 0. The van der Waals surface area contributed by atoms with Crippen molar-refractivity contribution in [3.8, 4) is 5.69 Å². The zero-order chi connectivity index (χ0) is 17.1. The number of benzene rings is 1. The third-order valence-electron chi connectivity index (χ3n) is 5.60. The van der Waals surface area contributed by atoms with E-state index in [2.05, 4.69) is 46.5 Å². The highest BCUT2D eigenvalue weighted by molar-refractivity contribution is 14.0. The third-order valence-corrected chi connectivity index (χ3v) is 5.60. The van der Waals surface area contributed by atoms with Crippen LogP contribution in [0.4, 0.5) is 0 Å². The maximum atomic E-state index is 4.89.